The molecular weight excluding hydrogens is 523 g/mol. The molecule has 1 aliphatic rings. The summed E-state index contributed by atoms with van der Waals surface area (Å²) < 4.78 is 26.1. The molecule has 0 radical (unpaired) electrons. The molecule has 1 amide bonds. The van der Waals surface area contributed by atoms with Crippen molar-refractivity contribution >= 4 is 68.2 Å². The number of fused-ring (bicyclic) bond motifs is 1. The van der Waals surface area contributed by atoms with E-state index in [0.717, 1.165) is 23.9 Å². The Morgan fingerprint density at radius 2 is 1.79 bits per heavy atom. The first-order valence-electron chi connectivity index (χ1n) is 9.53. The van der Waals surface area contributed by atoms with Crippen molar-refractivity contribution in [1.82, 2.24) is 0 Å². The highest BCUT2D eigenvalue weighted by atomic mass is 35.5. The zero-order valence-corrected chi connectivity index (χ0v) is 20.1. The van der Waals surface area contributed by atoms with Crippen molar-refractivity contribution in [2.75, 3.05) is 5.32 Å². The van der Waals surface area contributed by atoms with Crippen LogP contribution in [-0.2, 0) is 20.4 Å². The zero-order chi connectivity index (χ0) is 24.6. The van der Waals surface area contributed by atoms with Gasteiger partial charge in [-0.3, -0.25) is 14.9 Å². The molecule has 0 aliphatic carbocycles. The minimum Gasteiger partial charge on any atom is -0.502 e. The maximum Gasteiger partial charge on any atom is 0.311 e. The fourth-order valence-corrected chi connectivity index (χ4v) is 6.38. The second-order valence-electron chi connectivity index (χ2n) is 7.19. The van der Waals surface area contributed by atoms with Gasteiger partial charge in [0.2, 0.25) is 0 Å². The number of aromatic hydroxyl groups is 1. The number of nitrogens with zero attached hydrogens (tertiary/aromatic N) is 1. The molecule has 34 heavy (non-hydrogen) atoms. The number of hydrogen-bond acceptors (Lipinski definition) is 7. The van der Waals surface area contributed by atoms with Crippen LogP contribution in [0.25, 0.3) is 6.08 Å². The van der Waals surface area contributed by atoms with Gasteiger partial charge in [-0.2, -0.15) is 0 Å². The Bertz CT molecular complexity index is 1470. The average Bonchev–Trinajstić information content (AvgIpc) is 2.77. The molecule has 0 bridgehead atoms. The largest absolute Gasteiger partial charge is 0.502 e. The average molecular weight is 537 g/mol. The molecule has 174 valence electrons. The molecule has 3 aromatic carbocycles. The molecule has 0 fully saturated rings. The van der Waals surface area contributed by atoms with E-state index >= 15 is 0 Å². The molecular formula is C22H14Cl2N2O6S2. The van der Waals surface area contributed by atoms with E-state index in [4.69, 9.17) is 23.2 Å². The lowest BCUT2D eigenvalue weighted by atomic mass is 10.1. The summed E-state index contributed by atoms with van der Waals surface area (Å²) in [5, 5.41) is 23.8. The molecule has 0 saturated carbocycles. The number of hydrogen-bond donors (Lipinski definition) is 2. The fraction of sp³-hybridized carbons (Fsp3) is 0.0455. The van der Waals surface area contributed by atoms with Crippen LogP contribution in [0.4, 0.5) is 11.4 Å². The van der Waals surface area contributed by atoms with E-state index in [-0.39, 0.29) is 19.8 Å². The first kappa shape index (κ1) is 24.1. The summed E-state index contributed by atoms with van der Waals surface area (Å²) in [5.74, 6) is -1.35. The van der Waals surface area contributed by atoms with Crippen LogP contribution >= 0.6 is 35.0 Å². The number of carbonyl (C=O) groups is 1. The second-order valence-corrected chi connectivity index (χ2v) is 11.1. The molecule has 2 N–H and O–H groups in total. The van der Waals surface area contributed by atoms with E-state index in [1.807, 2.05) is 0 Å². The van der Waals surface area contributed by atoms with Crippen molar-refractivity contribution in [3.63, 3.8) is 0 Å². The standard InChI is InChI=1S/C22H14Cl2N2O6S2/c23-15-2-1-3-16(24)14(15)11-34(31,32)13-5-6-17-20(10-13)33-21(22(28)25-17)9-12-4-7-19(27)18(8-12)26(29)30/h1-10,27H,11H2,(H,25,28)/b21-9-. The summed E-state index contributed by atoms with van der Waals surface area (Å²) in [4.78, 5) is 23.5. The van der Waals surface area contributed by atoms with Gasteiger partial charge in [-0.25, -0.2) is 8.42 Å². The van der Waals surface area contributed by atoms with E-state index in [1.165, 1.54) is 30.3 Å². The van der Waals surface area contributed by atoms with Gasteiger partial charge in [-0.05, 0) is 48.0 Å². The van der Waals surface area contributed by atoms with Crippen molar-refractivity contribution in [3.05, 3.63) is 90.8 Å². The third-order valence-corrected chi connectivity index (χ3v) is 8.32. The summed E-state index contributed by atoms with van der Waals surface area (Å²) in [7, 11) is -3.82. The number of anilines is 1. The normalized spacial score (nSPS) is 14.5. The predicted octanol–water partition coefficient (Wildman–Crippen LogP) is 5.67. The Kier molecular flexibility index (Phi) is 6.59. The molecule has 1 aliphatic heterocycles. The van der Waals surface area contributed by atoms with Crippen LogP contribution in [0.3, 0.4) is 0 Å². The zero-order valence-electron chi connectivity index (χ0n) is 17.0. The molecule has 0 atom stereocenters. The first-order valence-corrected chi connectivity index (χ1v) is 12.8. The molecule has 0 saturated heterocycles. The van der Waals surface area contributed by atoms with E-state index in [9.17, 15) is 28.4 Å². The maximum atomic E-state index is 13.0. The molecule has 3 aromatic rings. The minimum absolute atomic E-state index is 0.0190. The summed E-state index contributed by atoms with van der Waals surface area (Å²) in [6, 6.07) is 12.8. The van der Waals surface area contributed by atoms with Crippen LogP contribution in [0.1, 0.15) is 11.1 Å². The van der Waals surface area contributed by atoms with Crippen LogP contribution in [0.2, 0.25) is 10.0 Å². The molecule has 1 heterocycles. The Balaban J connectivity index is 1.67. The molecule has 0 spiro atoms. The van der Waals surface area contributed by atoms with Crippen LogP contribution < -0.4 is 5.32 Å². The summed E-state index contributed by atoms with van der Waals surface area (Å²) in [6.07, 6.45) is 1.42. The Morgan fingerprint density at radius 3 is 2.47 bits per heavy atom. The van der Waals surface area contributed by atoms with Crippen LogP contribution in [0.15, 0.2) is 69.3 Å². The number of carbonyl (C=O) groups excluding carboxylic acids is 1. The van der Waals surface area contributed by atoms with E-state index in [2.05, 4.69) is 5.32 Å². The second kappa shape index (κ2) is 9.30. The number of phenols is 1. The quantitative estimate of drug-likeness (QED) is 0.244. The third kappa shape index (κ3) is 4.90. The van der Waals surface area contributed by atoms with Crippen molar-refractivity contribution < 1.29 is 23.2 Å². The number of nitro benzene ring substituents is 1. The number of phenolic OH excluding ortho intramolecular Hbond substituents is 1. The van der Waals surface area contributed by atoms with Crippen molar-refractivity contribution in [2.45, 2.75) is 15.5 Å². The molecule has 0 aromatic heterocycles. The smallest absolute Gasteiger partial charge is 0.311 e. The summed E-state index contributed by atoms with van der Waals surface area (Å²) in [5.41, 5.74) is 0.544. The van der Waals surface area contributed by atoms with Gasteiger partial charge in [0.05, 0.1) is 26.2 Å². The lowest BCUT2D eigenvalue weighted by molar-refractivity contribution is -0.385. The van der Waals surface area contributed by atoms with Crippen molar-refractivity contribution in [2.24, 2.45) is 0 Å². The van der Waals surface area contributed by atoms with Gasteiger partial charge in [0.15, 0.2) is 15.6 Å². The van der Waals surface area contributed by atoms with E-state index < -0.39 is 37.9 Å². The lowest BCUT2D eigenvalue weighted by Gasteiger charge is -2.19. The maximum absolute atomic E-state index is 13.0. The van der Waals surface area contributed by atoms with Gasteiger partial charge in [0.1, 0.15) is 0 Å². The number of amides is 1. The van der Waals surface area contributed by atoms with Gasteiger partial charge >= 0.3 is 5.69 Å². The van der Waals surface area contributed by atoms with Crippen LogP contribution in [0, 0.1) is 10.1 Å². The molecule has 8 nitrogen and oxygen atoms in total. The highest BCUT2D eigenvalue weighted by molar-refractivity contribution is 8.04. The van der Waals surface area contributed by atoms with Gasteiger partial charge in [-0.1, -0.05) is 47.1 Å². The fourth-order valence-electron chi connectivity index (χ4n) is 3.20. The SMILES string of the molecule is O=C1Nc2ccc(S(=O)(=O)Cc3c(Cl)cccc3Cl)cc2S/C1=C\c1ccc(O)c([N+](=O)[O-])c1. The number of benzene rings is 3. The first-order chi connectivity index (χ1) is 16.0. The Morgan fingerprint density at radius 1 is 1.09 bits per heavy atom. The molecule has 12 heteroatoms. The number of sulfone groups is 1. The Labute approximate surface area is 208 Å². The summed E-state index contributed by atoms with van der Waals surface area (Å²) in [6.45, 7) is 0. The van der Waals surface area contributed by atoms with Gasteiger partial charge in [0.25, 0.3) is 5.91 Å². The number of halogens is 2. The van der Waals surface area contributed by atoms with Crippen LogP contribution in [-0.4, -0.2) is 24.4 Å². The predicted molar refractivity (Wildman–Crippen MR) is 131 cm³/mol. The van der Waals surface area contributed by atoms with Crippen molar-refractivity contribution in [3.8, 4) is 5.75 Å². The monoisotopic (exact) mass is 536 g/mol. The van der Waals surface area contributed by atoms with E-state index in [1.54, 1.807) is 18.2 Å². The van der Waals surface area contributed by atoms with E-state index in [0.29, 0.717) is 21.7 Å². The number of nitro groups is 1. The minimum atomic E-state index is -3.82. The number of rotatable bonds is 5. The Hall–Kier alpha value is -3.05. The summed E-state index contributed by atoms with van der Waals surface area (Å²) >= 11 is 13.3. The topological polar surface area (TPSA) is 127 Å². The highest BCUT2D eigenvalue weighted by Crippen LogP contribution is 2.41. The molecule has 0 unspecified atom stereocenters. The lowest BCUT2D eigenvalue weighted by Crippen LogP contribution is -2.17. The van der Waals surface area contributed by atoms with Crippen molar-refractivity contribution in [1.29, 1.82) is 0 Å². The number of thioether (sulfide) groups is 1. The highest BCUT2D eigenvalue weighted by Gasteiger charge is 2.25. The van der Waals surface area contributed by atoms with Crippen LogP contribution in [0.5, 0.6) is 5.75 Å². The third-order valence-electron chi connectivity index (χ3n) is 4.89. The van der Waals surface area contributed by atoms with Gasteiger partial charge < -0.3 is 10.4 Å². The van der Waals surface area contributed by atoms with Gasteiger partial charge in [0, 0.05) is 26.6 Å². The molecule has 4 rings (SSSR count). The number of nitrogens with one attached hydrogen (secondary N) is 1. The van der Waals surface area contributed by atoms with Gasteiger partial charge in [-0.15, -0.1) is 0 Å².